The van der Waals surface area contributed by atoms with Crippen LogP contribution in [0.4, 0.5) is 0 Å². The fourth-order valence-corrected chi connectivity index (χ4v) is 3.33. The molecule has 112 valence electrons. The van der Waals surface area contributed by atoms with Crippen LogP contribution in [0.5, 0.6) is 5.75 Å². The van der Waals surface area contributed by atoms with Gasteiger partial charge < -0.3 is 14.7 Å². The van der Waals surface area contributed by atoms with Crippen LogP contribution < -0.4 is 4.74 Å². The molecule has 0 aliphatic heterocycles. The van der Waals surface area contributed by atoms with Gasteiger partial charge in [0.05, 0.1) is 13.0 Å². The molecule has 2 N–H and O–H groups in total. The Hall–Kier alpha value is -1.06. The van der Waals surface area contributed by atoms with Gasteiger partial charge in [-0.05, 0) is 44.6 Å². The molecule has 0 aromatic heterocycles. The molecular weight excluding hydrogens is 250 g/mol. The second-order valence-corrected chi connectivity index (χ2v) is 6.30. The highest BCUT2D eigenvalue weighted by Crippen LogP contribution is 2.40. The summed E-state index contributed by atoms with van der Waals surface area (Å²) in [4.78, 5) is 2.21. The van der Waals surface area contributed by atoms with Gasteiger partial charge in [-0.15, -0.1) is 0 Å². The predicted molar refractivity (Wildman–Crippen MR) is 83.7 cm³/mol. The van der Waals surface area contributed by atoms with Crippen LogP contribution in [-0.2, 0) is 0 Å². The standard InChI is InChI=1S/C17H27NO2/c1-18(2)13-16(17(19)11-5-4-6-12-17)14-7-9-15(20-3)10-8-14/h7-10,16,19H,4-6,11-13H2,1-3H3/p+1. The smallest absolute Gasteiger partial charge is 0.171 e. The van der Waals surface area contributed by atoms with Gasteiger partial charge in [-0.1, -0.05) is 18.6 Å². The minimum absolute atomic E-state index is 0.281. The maximum atomic E-state index is 8.95. The molecule has 2 rings (SSSR count). The Labute approximate surface area is 122 Å². The van der Waals surface area contributed by atoms with Gasteiger partial charge in [0.15, 0.2) is 5.60 Å². The number of rotatable bonds is 5. The second kappa shape index (κ2) is 6.59. The Morgan fingerprint density at radius 3 is 2.25 bits per heavy atom. The number of hydrogen-bond acceptors (Lipinski definition) is 2. The van der Waals surface area contributed by atoms with Crippen molar-refractivity contribution in [2.75, 3.05) is 27.7 Å². The lowest BCUT2D eigenvalue weighted by Gasteiger charge is -2.37. The van der Waals surface area contributed by atoms with E-state index in [0.29, 0.717) is 0 Å². The zero-order valence-electron chi connectivity index (χ0n) is 13.0. The van der Waals surface area contributed by atoms with E-state index in [1.165, 1.54) is 24.8 Å². The second-order valence-electron chi connectivity index (χ2n) is 6.30. The highest BCUT2D eigenvalue weighted by atomic mass is 16.5. The van der Waals surface area contributed by atoms with Crippen LogP contribution >= 0.6 is 0 Å². The zero-order valence-corrected chi connectivity index (χ0v) is 13.0. The summed E-state index contributed by atoms with van der Waals surface area (Å²) in [6, 6.07) is 8.31. The Bertz CT molecular complexity index is 408. The molecule has 3 heteroatoms. The average molecular weight is 278 g/mol. The lowest BCUT2D eigenvalue weighted by Crippen LogP contribution is -2.42. The number of benzene rings is 1. The summed E-state index contributed by atoms with van der Waals surface area (Å²) in [7, 11) is 5.89. The average Bonchev–Trinajstić information content (AvgIpc) is 2.45. The Morgan fingerprint density at radius 2 is 1.75 bits per heavy atom. The van der Waals surface area contributed by atoms with E-state index in [9.17, 15) is 0 Å². The topological polar surface area (TPSA) is 35.4 Å². The first kappa shape index (κ1) is 15.3. The number of nitrogens with zero attached hydrogens (tertiary/aromatic N) is 1. The minimum Gasteiger partial charge on any atom is -0.497 e. The van der Waals surface area contributed by atoms with Crippen molar-refractivity contribution in [3.05, 3.63) is 29.8 Å². The van der Waals surface area contributed by atoms with Gasteiger partial charge in [-0.25, -0.2) is 0 Å². The Morgan fingerprint density at radius 1 is 1.15 bits per heavy atom. The summed E-state index contributed by atoms with van der Waals surface area (Å²) >= 11 is 0. The molecular formula is C17H28NO2+. The molecule has 1 fully saturated rings. The third kappa shape index (κ3) is 3.53. The summed E-state index contributed by atoms with van der Waals surface area (Å²) in [6.45, 7) is 0.940. The van der Waals surface area contributed by atoms with Crippen molar-refractivity contribution in [3.8, 4) is 5.75 Å². The third-order valence-electron chi connectivity index (χ3n) is 4.48. The molecule has 1 atom stereocenters. The van der Waals surface area contributed by atoms with Crippen molar-refractivity contribution in [1.29, 1.82) is 0 Å². The highest BCUT2D eigenvalue weighted by molar-refractivity contribution is 5.31. The van der Waals surface area contributed by atoms with Gasteiger partial charge in [0, 0.05) is 19.4 Å². The van der Waals surface area contributed by atoms with Crippen molar-refractivity contribution < 1.29 is 9.84 Å². The molecule has 0 amide bonds. The summed E-state index contributed by atoms with van der Waals surface area (Å²) in [5, 5.41) is 8.95. The summed E-state index contributed by atoms with van der Waals surface area (Å²) in [5.74, 6) is 1.17. The van der Waals surface area contributed by atoms with E-state index >= 15 is 0 Å². The van der Waals surface area contributed by atoms with Crippen molar-refractivity contribution in [2.45, 2.75) is 43.6 Å². The Balaban J connectivity index is 2.25. The van der Waals surface area contributed by atoms with Gasteiger partial charge in [-0.3, -0.25) is 0 Å². The van der Waals surface area contributed by atoms with Gasteiger partial charge in [0.25, 0.3) is 0 Å². The molecule has 0 saturated heterocycles. The lowest BCUT2D eigenvalue weighted by molar-refractivity contribution is -0.0277. The van der Waals surface area contributed by atoms with Crippen LogP contribution in [0.15, 0.2) is 24.3 Å². The van der Waals surface area contributed by atoms with Crippen molar-refractivity contribution in [3.63, 3.8) is 0 Å². The molecule has 1 aromatic rings. The fourth-order valence-electron chi connectivity index (χ4n) is 3.33. The quantitative estimate of drug-likeness (QED) is 0.776. The van der Waals surface area contributed by atoms with Gasteiger partial charge in [0.2, 0.25) is 0 Å². The van der Waals surface area contributed by atoms with Crippen LogP contribution in [-0.4, -0.2) is 43.4 Å². The molecule has 0 bridgehead atoms. The highest BCUT2D eigenvalue weighted by Gasteiger charge is 2.43. The number of likely N-dealkylation sites (N-methyl/N-ethyl adjacent to an activating group) is 1. The van der Waals surface area contributed by atoms with E-state index in [1.807, 2.05) is 12.1 Å². The van der Waals surface area contributed by atoms with E-state index in [4.69, 9.17) is 9.84 Å². The van der Waals surface area contributed by atoms with Crippen LogP contribution in [0.25, 0.3) is 0 Å². The van der Waals surface area contributed by atoms with Crippen molar-refractivity contribution >= 4 is 0 Å². The Kier molecular flexibility index (Phi) is 5.06. The van der Waals surface area contributed by atoms with Gasteiger partial charge >= 0.3 is 0 Å². The maximum Gasteiger partial charge on any atom is 0.171 e. The molecule has 0 radical (unpaired) electrons. The SMILES string of the molecule is COc1ccc(C(CN(C)C)C2([OH2+])CCCCC2)cc1. The normalized spacial score (nSPS) is 19.9. The van der Waals surface area contributed by atoms with E-state index in [1.54, 1.807) is 7.11 Å². The van der Waals surface area contributed by atoms with Crippen molar-refractivity contribution in [2.24, 2.45) is 0 Å². The summed E-state index contributed by atoms with van der Waals surface area (Å²) in [5.41, 5.74) is 0.966. The van der Waals surface area contributed by atoms with Crippen LogP contribution in [0, 0.1) is 0 Å². The summed E-state index contributed by atoms with van der Waals surface area (Å²) < 4.78 is 5.24. The van der Waals surface area contributed by atoms with E-state index in [2.05, 4.69) is 31.1 Å². The minimum atomic E-state index is -0.308. The number of ether oxygens (including phenoxy) is 1. The van der Waals surface area contributed by atoms with Gasteiger partial charge in [0.1, 0.15) is 5.75 Å². The fraction of sp³-hybridized carbons (Fsp3) is 0.647. The van der Waals surface area contributed by atoms with Gasteiger partial charge in [-0.2, -0.15) is 0 Å². The largest absolute Gasteiger partial charge is 0.497 e. The molecule has 0 heterocycles. The van der Waals surface area contributed by atoms with E-state index < -0.39 is 0 Å². The first-order chi connectivity index (χ1) is 9.55. The molecule has 1 aliphatic rings. The monoisotopic (exact) mass is 278 g/mol. The van der Waals surface area contributed by atoms with Crippen LogP contribution in [0.2, 0.25) is 0 Å². The molecule has 1 aliphatic carbocycles. The summed E-state index contributed by atoms with van der Waals surface area (Å²) in [6.07, 6.45) is 5.74. The molecule has 3 nitrogen and oxygen atoms in total. The first-order valence-electron chi connectivity index (χ1n) is 7.59. The van der Waals surface area contributed by atoms with Crippen LogP contribution in [0.3, 0.4) is 0 Å². The maximum absolute atomic E-state index is 8.95. The predicted octanol–water partition coefficient (Wildman–Crippen LogP) is 2.77. The number of hydrogen-bond donors (Lipinski definition) is 0. The third-order valence-corrected chi connectivity index (χ3v) is 4.48. The molecule has 1 aromatic carbocycles. The molecule has 1 saturated carbocycles. The van der Waals surface area contributed by atoms with E-state index in [0.717, 1.165) is 25.1 Å². The molecule has 0 spiro atoms. The number of methoxy groups -OCH3 is 1. The first-order valence-corrected chi connectivity index (χ1v) is 7.59. The van der Waals surface area contributed by atoms with Crippen LogP contribution in [0.1, 0.15) is 43.6 Å². The lowest BCUT2D eigenvalue weighted by atomic mass is 9.72. The van der Waals surface area contributed by atoms with Crippen molar-refractivity contribution in [1.82, 2.24) is 4.90 Å². The molecule has 20 heavy (non-hydrogen) atoms. The zero-order chi connectivity index (χ0) is 14.6. The van der Waals surface area contributed by atoms with E-state index in [-0.39, 0.29) is 11.5 Å². The molecule has 1 unspecified atom stereocenters.